The van der Waals surface area contributed by atoms with Gasteiger partial charge in [0.15, 0.2) is 0 Å². The Kier molecular flexibility index (Phi) is 22.4. The van der Waals surface area contributed by atoms with Crippen LogP contribution in [0.3, 0.4) is 0 Å². The van der Waals surface area contributed by atoms with Gasteiger partial charge in [0.1, 0.15) is 12.1 Å². The minimum Gasteiger partial charge on any atom is -1.00 e. The van der Waals surface area contributed by atoms with Crippen molar-refractivity contribution in [1.29, 1.82) is 0 Å². The fourth-order valence-corrected chi connectivity index (χ4v) is 1.36. The molecule has 0 fully saturated rings. The largest absolute Gasteiger partial charge is 2.00 e. The van der Waals surface area contributed by atoms with Gasteiger partial charge < -0.3 is 33.3 Å². The second-order valence-electron chi connectivity index (χ2n) is 3.55. The predicted molar refractivity (Wildman–Crippen MR) is 78.2 cm³/mol. The number of carbonyl (C=O) groups excluding carboxylic acids is 2. The molecular formula is C10H18ClCoN2O6S2+. The monoisotopic (exact) mass is 420 g/mol. The van der Waals surface area contributed by atoms with Crippen molar-refractivity contribution in [2.24, 2.45) is 0 Å². The summed E-state index contributed by atoms with van der Waals surface area (Å²) in [6.45, 7) is 2.53. The first kappa shape index (κ1) is 29.4. The van der Waals surface area contributed by atoms with Gasteiger partial charge in [0.05, 0.1) is 0 Å². The van der Waals surface area contributed by atoms with Crippen LogP contribution in [0.2, 0.25) is 0 Å². The van der Waals surface area contributed by atoms with E-state index in [1.165, 1.54) is 13.8 Å². The Bertz CT molecular complexity index is 341. The van der Waals surface area contributed by atoms with Gasteiger partial charge >= 0.3 is 28.7 Å². The average molecular weight is 421 g/mol. The van der Waals surface area contributed by atoms with Crippen molar-refractivity contribution in [2.45, 2.75) is 25.9 Å². The molecule has 0 aromatic rings. The number of carbonyl (C=O) groups is 4. The van der Waals surface area contributed by atoms with Crippen molar-refractivity contribution in [2.75, 3.05) is 11.5 Å². The van der Waals surface area contributed by atoms with Crippen LogP contribution in [0.5, 0.6) is 0 Å². The van der Waals surface area contributed by atoms with Gasteiger partial charge in [0.25, 0.3) is 0 Å². The van der Waals surface area contributed by atoms with Gasteiger partial charge in [0.2, 0.25) is 11.8 Å². The third kappa shape index (κ3) is 17.4. The summed E-state index contributed by atoms with van der Waals surface area (Å²) < 4.78 is 0. The Hall–Kier alpha value is -0.624. The topological polar surface area (TPSA) is 133 Å². The number of hydrogen-bond donors (Lipinski definition) is 6. The first-order valence-corrected chi connectivity index (χ1v) is 6.63. The maximum Gasteiger partial charge on any atom is 2.00 e. The average Bonchev–Trinajstić information content (AvgIpc) is 2.32. The van der Waals surface area contributed by atoms with Gasteiger partial charge in [-0.1, -0.05) is 0 Å². The van der Waals surface area contributed by atoms with Crippen molar-refractivity contribution in [3.8, 4) is 0 Å². The third-order valence-electron chi connectivity index (χ3n) is 1.72. The Morgan fingerprint density at radius 2 is 1.09 bits per heavy atom. The Labute approximate surface area is 155 Å². The summed E-state index contributed by atoms with van der Waals surface area (Å²) in [5.74, 6) is -2.64. The maximum absolute atomic E-state index is 10.3. The number of halogens is 1. The van der Waals surface area contributed by atoms with E-state index in [1.54, 1.807) is 0 Å². The molecule has 4 N–H and O–H groups in total. The van der Waals surface area contributed by atoms with Crippen LogP contribution in [0.15, 0.2) is 0 Å². The molecule has 0 bridgehead atoms. The van der Waals surface area contributed by atoms with E-state index in [0.29, 0.717) is 0 Å². The minimum atomic E-state index is -1.06. The van der Waals surface area contributed by atoms with E-state index in [0.717, 1.165) is 0 Å². The zero-order chi connectivity index (χ0) is 16.3. The zero-order valence-electron chi connectivity index (χ0n) is 11.7. The summed E-state index contributed by atoms with van der Waals surface area (Å²) in [7, 11) is 0. The van der Waals surface area contributed by atoms with E-state index in [-0.39, 0.29) is 52.5 Å². The summed E-state index contributed by atoms with van der Waals surface area (Å²) in [5, 5.41) is 21.1. The first-order valence-electron chi connectivity index (χ1n) is 5.37. The second kappa shape index (κ2) is 16.7. The number of carboxylic acid groups (broad SMARTS) is 2. The number of carboxylic acids is 2. The van der Waals surface area contributed by atoms with Crippen LogP contribution < -0.4 is 23.0 Å². The zero-order valence-corrected chi connectivity index (χ0v) is 15.3. The molecule has 22 heavy (non-hydrogen) atoms. The number of hydrogen-bond acceptors (Lipinski definition) is 6. The van der Waals surface area contributed by atoms with Crippen molar-refractivity contribution in [3.05, 3.63) is 0 Å². The van der Waals surface area contributed by atoms with E-state index < -0.39 is 24.0 Å². The molecule has 0 unspecified atom stereocenters. The first-order chi connectivity index (χ1) is 9.15. The van der Waals surface area contributed by atoms with Gasteiger partial charge in [-0.2, -0.15) is 25.3 Å². The van der Waals surface area contributed by atoms with Crippen LogP contribution in [-0.2, 0) is 36.0 Å². The number of aliphatic carboxylic acids is 2. The number of rotatable bonds is 6. The Morgan fingerprint density at radius 3 is 1.14 bits per heavy atom. The molecular weight excluding hydrogens is 403 g/mol. The standard InChI is InChI=1S/2C5H9NO3S.ClH.Co/c2*1-3(7)6-4(2-10)5(8)9;;/h2*4,10H,2H2,1H3,(H,6,7)(H,8,9);1H;/q;;;+2/p-1/t2*4-;;/m00../s1. The molecule has 0 saturated heterocycles. The van der Waals surface area contributed by atoms with Crippen LogP contribution in [0.1, 0.15) is 13.8 Å². The summed E-state index contributed by atoms with van der Waals surface area (Å²) in [5.41, 5.74) is 0. The van der Waals surface area contributed by atoms with E-state index in [9.17, 15) is 19.2 Å². The quantitative estimate of drug-likeness (QED) is 0.243. The number of amides is 2. The summed E-state index contributed by atoms with van der Waals surface area (Å²) in [6, 6.07) is -1.75. The van der Waals surface area contributed by atoms with Gasteiger partial charge in [-0.05, 0) is 0 Å². The van der Waals surface area contributed by atoms with Crippen LogP contribution in [-0.4, -0.2) is 57.6 Å². The fraction of sp³-hybridized carbons (Fsp3) is 0.600. The van der Waals surface area contributed by atoms with Crippen LogP contribution in [0.25, 0.3) is 0 Å². The predicted octanol–water partition coefficient (Wildman–Crippen LogP) is -3.99. The van der Waals surface area contributed by atoms with E-state index in [4.69, 9.17) is 10.2 Å². The normalized spacial score (nSPS) is 11.1. The second-order valence-corrected chi connectivity index (χ2v) is 4.28. The molecule has 0 aromatic carbocycles. The molecule has 0 saturated carbocycles. The molecule has 0 spiro atoms. The van der Waals surface area contributed by atoms with E-state index in [2.05, 4.69) is 35.9 Å². The van der Waals surface area contributed by atoms with Crippen LogP contribution in [0, 0.1) is 0 Å². The third-order valence-corrected chi connectivity index (χ3v) is 2.45. The van der Waals surface area contributed by atoms with Crippen molar-refractivity contribution in [3.63, 3.8) is 0 Å². The van der Waals surface area contributed by atoms with Gasteiger partial charge in [-0.15, -0.1) is 0 Å². The van der Waals surface area contributed by atoms with Crippen molar-refractivity contribution < 1.29 is 58.6 Å². The molecule has 8 nitrogen and oxygen atoms in total. The van der Waals surface area contributed by atoms with Crippen molar-refractivity contribution in [1.82, 2.24) is 10.6 Å². The fourth-order valence-electron chi connectivity index (χ4n) is 0.862. The maximum atomic E-state index is 10.3. The molecule has 12 heteroatoms. The smallest absolute Gasteiger partial charge is 1.00 e. The molecule has 131 valence electrons. The molecule has 0 aromatic heterocycles. The van der Waals surface area contributed by atoms with E-state index in [1.807, 2.05) is 0 Å². The Balaban J connectivity index is -0.000000135. The Morgan fingerprint density at radius 1 is 0.864 bits per heavy atom. The molecule has 0 aliphatic heterocycles. The minimum absolute atomic E-state index is 0. The van der Waals surface area contributed by atoms with Gasteiger partial charge in [-0.3, -0.25) is 9.59 Å². The van der Waals surface area contributed by atoms with Crippen LogP contribution >= 0.6 is 25.3 Å². The molecule has 0 rings (SSSR count). The summed E-state index contributed by atoms with van der Waals surface area (Å²) in [4.78, 5) is 41.0. The van der Waals surface area contributed by atoms with Gasteiger partial charge in [0, 0.05) is 25.4 Å². The van der Waals surface area contributed by atoms with Gasteiger partial charge in [-0.25, -0.2) is 9.59 Å². The molecule has 2 amide bonds. The summed E-state index contributed by atoms with van der Waals surface area (Å²) in [6.07, 6.45) is 0. The van der Waals surface area contributed by atoms with Crippen molar-refractivity contribution >= 4 is 49.0 Å². The van der Waals surface area contributed by atoms with Crippen LogP contribution in [0.4, 0.5) is 0 Å². The molecule has 0 aliphatic carbocycles. The summed E-state index contributed by atoms with van der Waals surface area (Å²) >= 11 is 7.47. The molecule has 1 radical (unpaired) electrons. The molecule has 0 aliphatic rings. The number of nitrogens with one attached hydrogen (secondary N) is 2. The molecule has 0 heterocycles. The SMILES string of the molecule is CC(=O)N[C@@H](CS)C(=O)O.CC(=O)N[C@@H](CS)C(=O)O.[Cl-].[Co+2]. The number of thiol groups is 2. The molecule has 2 atom stereocenters. The van der Waals surface area contributed by atoms with E-state index >= 15 is 0 Å².